The Morgan fingerprint density at radius 3 is 2.41 bits per heavy atom. The third-order valence-electron chi connectivity index (χ3n) is 2.97. The highest BCUT2D eigenvalue weighted by atomic mass is 16.5. The SMILES string of the molecule is CNCC(O)c1c(C)c(C)cc(OC)c1OC. The first-order valence-corrected chi connectivity index (χ1v) is 5.61. The zero-order valence-electron chi connectivity index (χ0n) is 11.1. The molecular weight excluding hydrogens is 218 g/mol. The average Bonchev–Trinajstić information content (AvgIpc) is 2.31. The lowest BCUT2D eigenvalue weighted by Crippen LogP contribution is -2.18. The molecule has 17 heavy (non-hydrogen) atoms. The smallest absolute Gasteiger partial charge is 0.166 e. The number of aliphatic hydroxyl groups is 1. The Kier molecular flexibility index (Phi) is 4.78. The van der Waals surface area contributed by atoms with Crippen molar-refractivity contribution >= 4 is 0 Å². The Morgan fingerprint density at radius 2 is 1.94 bits per heavy atom. The molecule has 0 amide bonds. The molecule has 0 aliphatic heterocycles. The lowest BCUT2D eigenvalue weighted by molar-refractivity contribution is 0.171. The van der Waals surface area contributed by atoms with Gasteiger partial charge in [-0.3, -0.25) is 0 Å². The van der Waals surface area contributed by atoms with E-state index in [1.807, 2.05) is 19.9 Å². The Balaban J connectivity index is 3.37. The fourth-order valence-electron chi connectivity index (χ4n) is 1.94. The number of likely N-dealkylation sites (N-methyl/N-ethyl adjacent to an activating group) is 1. The van der Waals surface area contributed by atoms with E-state index >= 15 is 0 Å². The van der Waals surface area contributed by atoms with Gasteiger partial charge in [-0.05, 0) is 38.1 Å². The molecule has 96 valence electrons. The Labute approximate surface area is 103 Å². The summed E-state index contributed by atoms with van der Waals surface area (Å²) < 4.78 is 10.6. The predicted octanol–water partition coefficient (Wildman–Crippen LogP) is 1.57. The van der Waals surface area contributed by atoms with Gasteiger partial charge < -0.3 is 19.9 Å². The van der Waals surface area contributed by atoms with E-state index in [0.717, 1.165) is 16.7 Å². The fraction of sp³-hybridized carbons (Fsp3) is 0.538. The second-order valence-electron chi connectivity index (χ2n) is 4.04. The van der Waals surface area contributed by atoms with Crippen LogP contribution >= 0.6 is 0 Å². The molecular formula is C13H21NO3. The summed E-state index contributed by atoms with van der Waals surface area (Å²) in [7, 11) is 4.99. The van der Waals surface area contributed by atoms with Crippen LogP contribution in [-0.4, -0.2) is 32.9 Å². The number of aryl methyl sites for hydroxylation is 1. The highest BCUT2D eigenvalue weighted by Gasteiger charge is 2.21. The van der Waals surface area contributed by atoms with E-state index in [1.165, 1.54) is 0 Å². The number of benzene rings is 1. The van der Waals surface area contributed by atoms with Gasteiger partial charge in [0.15, 0.2) is 11.5 Å². The van der Waals surface area contributed by atoms with E-state index in [1.54, 1.807) is 21.3 Å². The van der Waals surface area contributed by atoms with E-state index in [-0.39, 0.29) is 0 Å². The lowest BCUT2D eigenvalue weighted by atomic mass is 9.97. The van der Waals surface area contributed by atoms with Gasteiger partial charge in [-0.15, -0.1) is 0 Å². The molecule has 4 nitrogen and oxygen atoms in total. The molecule has 2 N–H and O–H groups in total. The van der Waals surface area contributed by atoms with Crippen LogP contribution in [0.15, 0.2) is 6.07 Å². The minimum Gasteiger partial charge on any atom is -0.493 e. The van der Waals surface area contributed by atoms with E-state index in [2.05, 4.69) is 5.32 Å². The fourth-order valence-corrected chi connectivity index (χ4v) is 1.94. The summed E-state index contributed by atoms with van der Waals surface area (Å²) in [6.45, 7) is 4.45. The number of rotatable bonds is 5. The summed E-state index contributed by atoms with van der Waals surface area (Å²) in [6.07, 6.45) is -0.608. The second-order valence-corrected chi connectivity index (χ2v) is 4.04. The first-order valence-electron chi connectivity index (χ1n) is 5.61. The molecule has 1 aromatic rings. The maximum absolute atomic E-state index is 10.2. The molecule has 0 heterocycles. The molecule has 0 saturated heterocycles. The van der Waals surface area contributed by atoms with E-state index in [4.69, 9.17) is 9.47 Å². The van der Waals surface area contributed by atoms with Crippen molar-refractivity contribution in [1.29, 1.82) is 0 Å². The van der Waals surface area contributed by atoms with Crippen LogP contribution in [0.25, 0.3) is 0 Å². The van der Waals surface area contributed by atoms with Gasteiger partial charge in [0.2, 0.25) is 0 Å². The highest BCUT2D eigenvalue weighted by Crippen LogP contribution is 2.38. The molecule has 0 saturated carbocycles. The first-order chi connectivity index (χ1) is 8.06. The van der Waals surface area contributed by atoms with Gasteiger partial charge in [0.1, 0.15) is 0 Å². The molecule has 0 bridgehead atoms. The first kappa shape index (κ1) is 13.8. The largest absolute Gasteiger partial charge is 0.493 e. The van der Waals surface area contributed by atoms with Crippen molar-refractivity contribution < 1.29 is 14.6 Å². The Bertz CT molecular complexity index is 391. The minimum atomic E-state index is -0.608. The molecule has 1 rings (SSSR count). The summed E-state index contributed by atoms with van der Waals surface area (Å²) in [4.78, 5) is 0. The molecule has 0 fully saturated rings. The normalized spacial score (nSPS) is 12.4. The third kappa shape index (κ3) is 2.70. The van der Waals surface area contributed by atoms with Crippen molar-refractivity contribution in [2.75, 3.05) is 27.8 Å². The lowest BCUT2D eigenvalue weighted by Gasteiger charge is -2.21. The van der Waals surface area contributed by atoms with Gasteiger partial charge in [0, 0.05) is 12.1 Å². The molecule has 1 atom stereocenters. The van der Waals surface area contributed by atoms with Crippen LogP contribution in [0.1, 0.15) is 22.8 Å². The molecule has 0 aliphatic carbocycles. The van der Waals surface area contributed by atoms with Gasteiger partial charge in [0.05, 0.1) is 20.3 Å². The van der Waals surface area contributed by atoms with E-state index in [0.29, 0.717) is 18.0 Å². The molecule has 4 heteroatoms. The number of ether oxygens (including phenoxy) is 2. The van der Waals surface area contributed by atoms with Crippen molar-refractivity contribution in [3.8, 4) is 11.5 Å². The van der Waals surface area contributed by atoms with Gasteiger partial charge in [-0.1, -0.05) is 0 Å². The topological polar surface area (TPSA) is 50.7 Å². The van der Waals surface area contributed by atoms with Crippen LogP contribution in [0.4, 0.5) is 0 Å². The zero-order chi connectivity index (χ0) is 13.0. The highest BCUT2D eigenvalue weighted by molar-refractivity contribution is 5.54. The minimum absolute atomic E-state index is 0.476. The summed E-state index contributed by atoms with van der Waals surface area (Å²) in [5, 5.41) is 13.1. The van der Waals surface area contributed by atoms with Gasteiger partial charge in [-0.2, -0.15) is 0 Å². The second kappa shape index (κ2) is 5.89. The standard InChI is InChI=1S/C13H21NO3/c1-8-6-11(16-4)13(17-5)12(9(8)2)10(15)7-14-3/h6,10,14-15H,7H2,1-5H3. The number of nitrogens with one attached hydrogen (secondary N) is 1. The van der Waals surface area contributed by atoms with Gasteiger partial charge in [0.25, 0.3) is 0 Å². The van der Waals surface area contributed by atoms with Crippen molar-refractivity contribution in [3.05, 3.63) is 22.8 Å². The van der Waals surface area contributed by atoms with Crippen LogP contribution in [0.5, 0.6) is 11.5 Å². The Hall–Kier alpha value is -1.26. The summed E-state index contributed by atoms with van der Waals surface area (Å²) in [6, 6.07) is 1.92. The Morgan fingerprint density at radius 1 is 1.29 bits per heavy atom. The summed E-state index contributed by atoms with van der Waals surface area (Å²) >= 11 is 0. The predicted molar refractivity (Wildman–Crippen MR) is 67.9 cm³/mol. The molecule has 0 aromatic heterocycles. The molecule has 0 spiro atoms. The van der Waals surface area contributed by atoms with Crippen molar-refractivity contribution in [2.24, 2.45) is 0 Å². The van der Waals surface area contributed by atoms with E-state index < -0.39 is 6.10 Å². The summed E-state index contributed by atoms with van der Waals surface area (Å²) in [5.74, 6) is 1.26. The van der Waals surface area contributed by atoms with Gasteiger partial charge in [-0.25, -0.2) is 0 Å². The van der Waals surface area contributed by atoms with E-state index in [9.17, 15) is 5.11 Å². The quantitative estimate of drug-likeness (QED) is 0.819. The number of hydrogen-bond donors (Lipinski definition) is 2. The van der Waals surface area contributed by atoms with Crippen molar-refractivity contribution in [1.82, 2.24) is 5.32 Å². The van der Waals surface area contributed by atoms with Crippen LogP contribution in [-0.2, 0) is 0 Å². The molecule has 1 unspecified atom stereocenters. The third-order valence-corrected chi connectivity index (χ3v) is 2.97. The van der Waals surface area contributed by atoms with Crippen LogP contribution in [0, 0.1) is 13.8 Å². The van der Waals surface area contributed by atoms with Crippen LogP contribution in [0.2, 0.25) is 0 Å². The van der Waals surface area contributed by atoms with Crippen molar-refractivity contribution in [3.63, 3.8) is 0 Å². The average molecular weight is 239 g/mol. The molecule has 1 aromatic carbocycles. The van der Waals surface area contributed by atoms with Crippen molar-refractivity contribution in [2.45, 2.75) is 20.0 Å². The maximum atomic E-state index is 10.2. The summed E-state index contributed by atoms with van der Waals surface area (Å²) in [5.41, 5.74) is 2.90. The van der Waals surface area contributed by atoms with Crippen LogP contribution < -0.4 is 14.8 Å². The molecule has 0 radical (unpaired) electrons. The zero-order valence-corrected chi connectivity index (χ0v) is 11.1. The number of aliphatic hydroxyl groups excluding tert-OH is 1. The maximum Gasteiger partial charge on any atom is 0.166 e. The van der Waals surface area contributed by atoms with Crippen LogP contribution in [0.3, 0.4) is 0 Å². The number of methoxy groups -OCH3 is 2. The van der Waals surface area contributed by atoms with Gasteiger partial charge >= 0.3 is 0 Å². The number of hydrogen-bond acceptors (Lipinski definition) is 4. The molecule has 0 aliphatic rings. The monoisotopic (exact) mass is 239 g/mol.